The minimum Gasteiger partial charge on any atom is -0.544 e. The highest BCUT2D eigenvalue weighted by molar-refractivity contribution is 14.1. The van der Waals surface area contributed by atoms with Gasteiger partial charge in [0.2, 0.25) is 8.32 Å². The molecule has 0 aliphatic carbocycles. The summed E-state index contributed by atoms with van der Waals surface area (Å²) >= 11 is 2.24. The van der Waals surface area contributed by atoms with Crippen molar-refractivity contribution < 1.29 is 4.43 Å². The van der Waals surface area contributed by atoms with Crippen LogP contribution in [0.2, 0.25) is 18.1 Å². The van der Waals surface area contributed by atoms with E-state index in [1.54, 1.807) is 0 Å². The fourth-order valence-electron chi connectivity index (χ4n) is 1.72. The number of halogens is 1. The normalized spacial score (nSPS) is 12.5. The third-order valence-electron chi connectivity index (χ3n) is 4.15. The van der Waals surface area contributed by atoms with Crippen LogP contribution in [0, 0.1) is 3.83 Å². The first-order valence-electron chi connectivity index (χ1n) is 7.08. The summed E-state index contributed by atoms with van der Waals surface area (Å²) < 4.78 is 9.31. The summed E-state index contributed by atoms with van der Waals surface area (Å²) in [5, 5.41) is 0.211. The molecular formula is C16H23IN2OSi. The van der Waals surface area contributed by atoms with Crippen molar-refractivity contribution >= 4 is 30.9 Å². The van der Waals surface area contributed by atoms with Crippen molar-refractivity contribution in [3.8, 4) is 17.0 Å². The fourth-order valence-corrected chi connectivity index (χ4v) is 3.16. The van der Waals surface area contributed by atoms with Crippen LogP contribution >= 0.6 is 22.6 Å². The Balaban J connectivity index is 2.20. The smallest absolute Gasteiger partial charge is 0.250 e. The average molecular weight is 414 g/mol. The highest BCUT2D eigenvalue weighted by Gasteiger charge is 2.38. The Kier molecular flexibility index (Phi) is 4.54. The molecular weight excluding hydrogens is 391 g/mol. The lowest BCUT2D eigenvalue weighted by Crippen LogP contribution is -2.43. The summed E-state index contributed by atoms with van der Waals surface area (Å²) in [6.45, 7) is 11.3. The first-order valence-corrected chi connectivity index (χ1v) is 11.1. The van der Waals surface area contributed by atoms with Crippen LogP contribution < -0.4 is 4.43 Å². The molecule has 0 unspecified atom stereocenters. The number of nitrogens with zero attached hydrogens (tertiary/aromatic N) is 2. The van der Waals surface area contributed by atoms with Gasteiger partial charge in [-0.1, -0.05) is 20.8 Å². The largest absolute Gasteiger partial charge is 0.544 e. The minimum absolute atomic E-state index is 0.211. The molecule has 114 valence electrons. The van der Waals surface area contributed by atoms with Crippen molar-refractivity contribution in [2.24, 2.45) is 7.05 Å². The van der Waals surface area contributed by atoms with E-state index >= 15 is 0 Å². The lowest BCUT2D eigenvalue weighted by molar-refractivity contribution is 0.492. The Labute approximate surface area is 142 Å². The van der Waals surface area contributed by atoms with Crippen molar-refractivity contribution in [2.45, 2.75) is 38.9 Å². The molecule has 0 bridgehead atoms. The van der Waals surface area contributed by atoms with Crippen LogP contribution in [0.5, 0.6) is 5.75 Å². The number of hydrogen-bond acceptors (Lipinski definition) is 2. The lowest BCUT2D eigenvalue weighted by Gasteiger charge is -2.36. The molecule has 1 aromatic heterocycles. The second-order valence-electron chi connectivity index (χ2n) is 6.89. The van der Waals surface area contributed by atoms with Gasteiger partial charge in [-0.15, -0.1) is 0 Å². The maximum atomic E-state index is 6.30. The molecule has 0 saturated carbocycles. The van der Waals surface area contributed by atoms with Gasteiger partial charge in [0.25, 0.3) is 0 Å². The molecule has 0 spiro atoms. The Morgan fingerprint density at radius 1 is 1.14 bits per heavy atom. The zero-order valence-electron chi connectivity index (χ0n) is 13.6. The van der Waals surface area contributed by atoms with E-state index in [0.717, 1.165) is 20.8 Å². The van der Waals surface area contributed by atoms with Gasteiger partial charge >= 0.3 is 0 Å². The molecule has 0 atom stereocenters. The molecule has 5 heteroatoms. The van der Waals surface area contributed by atoms with Crippen molar-refractivity contribution in [2.75, 3.05) is 0 Å². The molecule has 0 aliphatic heterocycles. The van der Waals surface area contributed by atoms with E-state index in [9.17, 15) is 0 Å². The summed E-state index contributed by atoms with van der Waals surface area (Å²) in [5.41, 5.74) is 2.12. The van der Waals surface area contributed by atoms with Gasteiger partial charge < -0.3 is 8.99 Å². The predicted octanol–water partition coefficient (Wildman–Crippen LogP) is 5.08. The highest BCUT2D eigenvalue weighted by Crippen LogP contribution is 2.37. The average Bonchev–Trinajstić information content (AvgIpc) is 2.68. The molecule has 0 amide bonds. The van der Waals surface area contributed by atoms with Gasteiger partial charge in [-0.25, -0.2) is 4.98 Å². The summed E-state index contributed by atoms with van der Waals surface area (Å²) in [6, 6.07) is 8.27. The molecule has 2 rings (SSSR count). The van der Waals surface area contributed by atoms with Crippen LogP contribution in [-0.2, 0) is 7.05 Å². The highest BCUT2D eigenvalue weighted by atomic mass is 127. The van der Waals surface area contributed by atoms with Gasteiger partial charge in [-0.3, -0.25) is 0 Å². The predicted molar refractivity (Wildman–Crippen MR) is 99.2 cm³/mol. The summed E-state index contributed by atoms with van der Waals surface area (Å²) in [7, 11) is 0.239. The van der Waals surface area contributed by atoms with Gasteiger partial charge in [0.1, 0.15) is 5.75 Å². The monoisotopic (exact) mass is 414 g/mol. The zero-order chi connectivity index (χ0) is 15.8. The van der Waals surface area contributed by atoms with Crippen molar-refractivity contribution in [3.63, 3.8) is 0 Å². The molecule has 1 aromatic carbocycles. The number of imidazole rings is 1. The van der Waals surface area contributed by atoms with Crippen LogP contribution in [0.3, 0.4) is 0 Å². The van der Waals surface area contributed by atoms with E-state index in [4.69, 9.17) is 4.43 Å². The lowest BCUT2D eigenvalue weighted by atomic mass is 10.2. The van der Waals surface area contributed by atoms with Crippen molar-refractivity contribution in [1.29, 1.82) is 0 Å². The van der Waals surface area contributed by atoms with Gasteiger partial charge in [0.15, 0.2) is 3.83 Å². The maximum absolute atomic E-state index is 6.30. The minimum atomic E-state index is -1.77. The zero-order valence-corrected chi connectivity index (χ0v) is 16.7. The fraction of sp³-hybridized carbons (Fsp3) is 0.438. The van der Waals surface area contributed by atoms with E-state index < -0.39 is 8.32 Å². The Hall–Kier alpha value is -0.823. The quantitative estimate of drug-likeness (QED) is 0.518. The van der Waals surface area contributed by atoms with E-state index in [1.807, 2.05) is 17.8 Å². The number of rotatable bonds is 3. The molecule has 2 aromatic rings. The topological polar surface area (TPSA) is 27.1 Å². The number of aromatic nitrogens is 2. The van der Waals surface area contributed by atoms with Crippen LogP contribution in [0.4, 0.5) is 0 Å². The molecule has 0 radical (unpaired) electrons. The standard InChI is InChI=1S/C16H23IN2OSi/c1-16(2,3)21(5,6)20-13-9-7-12(8-10-13)14-11-19(4)15(17)18-14/h7-11H,1-6H3. The molecule has 3 nitrogen and oxygen atoms in total. The first-order chi connectivity index (χ1) is 9.60. The Bertz CT molecular complexity index is 607. The maximum Gasteiger partial charge on any atom is 0.250 e. The number of hydrogen-bond donors (Lipinski definition) is 0. The van der Waals surface area contributed by atoms with Crippen LogP contribution in [0.15, 0.2) is 30.5 Å². The molecule has 21 heavy (non-hydrogen) atoms. The molecule has 0 N–H and O–H groups in total. The molecule has 0 saturated heterocycles. The van der Waals surface area contributed by atoms with Crippen LogP contribution in [0.25, 0.3) is 11.3 Å². The van der Waals surface area contributed by atoms with E-state index in [1.165, 1.54) is 0 Å². The Morgan fingerprint density at radius 2 is 1.71 bits per heavy atom. The van der Waals surface area contributed by atoms with Gasteiger partial charge in [0, 0.05) is 18.8 Å². The number of benzene rings is 1. The second-order valence-corrected chi connectivity index (χ2v) is 12.6. The van der Waals surface area contributed by atoms with Gasteiger partial charge in [-0.05, 0) is 65.0 Å². The molecule has 0 fully saturated rings. The number of aryl methyl sites for hydroxylation is 1. The third-order valence-corrected chi connectivity index (χ3v) is 9.51. The van der Waals surface area contributed by atoms with Crippen molar-refractivity contribution in [3.05, 3.63) is 34.3 Å². The summed E-state index contributed by atoms with van der Waals surface area (Å²) in [5.74, 6) is 0.955. The van der Waals surface area contributed by atoms with Crippen LogP contribution in [-0.4, -0.2) is 17.9 Å². The second kappa shape index (κ2) is 5.76. The third kappa shape index (κ3) is 3.69. The van der Waals surface area contributed by atoms with Crippen LogP contribution in [0.1, 0.15) is 20.8 Å². The van der Waals surface area contributed by atoms with Crippen molar-refractivity contribution in [1.82, 2.24) is 9.55 Å². The van der Waals surface area contributed by atoms with E-state index in [0.29, 0.717) is 0 Å². The van der Waals surface area contributed by atoms with Gasteiger partial charge in [-0.2, -0.15) is 0 Å². The molecule has 0 aliphatic rings. The van der Waals surface area contributed by atoms with E-state index in [2.05, 4.69) is 85.7 Å². The molecule has 1 heterocycles. The summed E-state index contributed by atoms with van der Waals surface area (Å²) in [4.78, 5) is 4.54. The first kappa shape index (κ1) is 16.5. The van der Waals surface area contributed by atoms with Gasteiger partial charge in [0.05, 0.1) is 5.69 Å². The summed E-state index contributed by atoms with van der Waals surface area (Å²) in [6.07, 6.45) is 2.05. The Morgan fingerprint density at radius 3 is 2.14 bits per heavy atom. The SMILES string of the molecule is Cn1cc(-c2ccc(O[Si](C)(C)C(C)(C)C)cc2)nc1I. The van der Waals surface area contributed by atoms with E-state index in [-0.39, 0.29) is 5.04 Å².